The lowest BCUT2D eigenvalue weighted by Gasteiger charge is -2.47. The first kappa shape index (κ1) is 24.5. The molecule has 2 aromatic rings. The number of hydrogen-bond acceptors (Lipinski definition) is 5. The Morgan fingerprint density at radius 2 is 2.08 bits per heavy atom. The monoisotopic (exact) mass is 492 g/mol. The van der Waals surface area contributed by atoms with Crippen molar-refractivity contribution in [3.05, 3.63) is 60.2 Å². The lowest BCUT2D eigenvalue weighted by Crippen LogP contribution is -2.48. The van der Waals surface area contributed by atoms with E-state index in [1.165, 1.54) is 12.1 Å². The highest BCUT2D eigenvalue weighted by molar-refractivity contribution is 5.75. The molecule has 3 fully saturated rings. The van der Waals surface area contributed by atoms with Crippen LogP contribution in [0, 0.1) is 35.4 Å². The molecule has 1 aromatic carbocycles. The molecule has 0 unspecified atom stereocenters. The SMILES string of the molecule is CCOC(=O)N[C@H]1CC[C@H]2[C@H](C1)C[C@H]1C(=O)O[C@H](C)[C@@H]1[C@H]2C=Cc1ccc(-c2cccc(F)c2)cn1. The van der Waals surface area contributed by atoms with Crippen molar-refractivity contribution in [2.24, 2.45) is 29.6 Å². The fourth-order valence-corrected chi connectivity index (χ4v) is 6.64. The van der Waals surface area contributed by atoms with E-state index < -0.39 is 0 Å². The standard InChI is InChI=1S/C29H33FN2O4/c1-3-35-29(34)32-23-10-11-24-20(14-23)15-26-27(17(2)36-28(26)33)25(24)12-9-22-8-7-19(16-31-22)18-5-4-6-21(30)13-18/h4-9,12-13,16-17,20,23-27H,3,10-11,14-15H2,1-2H3,(H,32,34)/t17-,20-,23+,24+,25+,26-,27-/m1/s1. The van der Waals surface area contributed by atoms with Crippen LogP contribution in [-0.2, 0) is 14.3 Å². The number of ether oxygens (including phenoxy) is 2. The Kier molecular flexibility index (Phi) is 7.08. The highest BCUT2D eigenvalue weighted by Gasteiger charge is 2.54. The molecule has 0 spiro atoms. The molecule has 1 aromatic heterocycles. The van der Waals surface area contributed by atoms with Crippen LogP contribution in [0.25, 0.3) is 17.2 Å². The normalized spacial score (nSPS) is 31.4. The fraction of sp³-hybridized carbons (Fsp3) is 0.483. The number of carbonyl (C=O) groups is 2. The van der Waals surface area contributed by atoms with Crippen LogP contribution in [0.1, 0.15) is 45.2 Å². The molecule has 6 nitrogen and oxygen atoms in total. The summed E-state index contributed by atoms with van der Waals surface area (Å²) in [7, 11) is 0. The molecule has 190 valence electrons. The third-order valence-corrected chi connectivity index (χ3v) is 8.18. The average Bonchev–Trinajstić information content (AvgIpc) is 3.15. The van der Waals surface area contributed by atoms with Crippen molar-refractivity contribution in [3.8, 4) is 11.1 Å². The molecule has 7 atom stereocenters. The number of amides is 1. The number of rotatable bonds is 5. The van der Waals surface area contributed by atoms with Crippen LogP contribution in [0.3, 0.4) is 0 Å². The van der Waals surface area contributed by atoms with E-state index in [0.717, 1.165) is 42.5 Å². The molecular weight excluding hydrogens is 459 g/mol. The summed E-state index contributed by atoms with van der Waals surface area (Å²) in [5.41, 5.74) is 2.48. The van der Waals surface area contributed by atoms with Gasteiger partial charge in [0, 0.05) is 23.7 Å². The number of fused-ring (bicyclic) bond motifs is 2. The van der Waals surface area contributed by atoms with Crippen LogP contribution < -0.4 is 5.32 Å². The number of esters is 1. The first-order valence-corrected chi connectivity index (χ1v) is 13.0. The average molecular weight is 493 g/mol. The first-order chi connectivity index (χ1) is 17.4. The number of pyridine rings is 1. The van der Waals surface area contributed by atoms with Crippen LogP contribution >= 0.6 is 0 Å². The summed E-state index contributed by atoms with van der Waals surface area (Å²) in [6, 6.07) is 10.4. The van der Waals surface area contributed by atoms with E-state index in [0.29, 0.717) is 18.4 Å². The minimum Gasteiger partial charge on any atom is -0.462 e. The largest absolute Gasteiger partial charge is 0.462 e. The third-order valence-electron chi connectivity index (χ3n) is 8.18. The summed E-state index contributed by atoms with van der Waals surface area (Å²) in [6.07, 6.45) is 9.07. The number of nitrogens with one attached hydrogen (secondary N) is 1. The summed E-state index contributed by atoms with van der Waals surface area (Å²) in [4.78, 5) is 29.2. The number of benzene rings is 1. The van der Waals surface area contributed by atoms with Crippen LogP contribution in [0.2, 0.25) is 0 Å². The lowest BCUT2D eigenvalue weighted by atomic mass is 9.57. The van der Waals surface area contributed by atoms with Gasteiger partial charge < -0.3 is 14.8 Å². The van der Waals surface area contributed by atoms with Crippen LogP contribution in [0.5, 0.6) is 0 Å². The predicted octanol–water partition coefficient (Wildman–Crippen LogP) is 5.63. The van der Waals surface area contributed by atoms with Crippen molar-refractivity contribution >= 4 is 18.1 Å². The molecule has 3 aliphatic rings. The minimum atomic E-state index is -0.368. The molecular formula is C29H33FN2O4. The van der Waals surface area contributed by atoms with Crippen molar-refractivity contribution in [2.45, 2.75) is 51.7 Å². The van der Waals surface area contributed by atoms with E-state index >= 15 is 0 Å². The predicted molar refractivity (Wildman–Crippen MR) is 134 cm³/mol. The summed E-state index contributed by atoms with van der Waals surface area (Å²) in [5.74, 6) is 0.629. The Morgan fingerprint density at radius 1 is 1.22 bits per heavy atom. The van der Waals surface area contributed by atoms with Crippen molar-refractivity contribution in [3.63, 3.8) is 0 Å². The van der Waals surface area contributed by atoms with Crippen molar-refractivity contribution in [1.82, 2.24) is 10.3 Å². The molecule has 36 heavy (non-hydrogen) atoms. The van der Waals surface area contributed by atoms with Gasteiger partial charge in [-0.25, -0.2) is 9.18 Å². The number of cyclic esters (lactones) is 1. The van der Waals surface area contributed by atoms with Crippen LogP contribution in [0.15, 0.2) is 48.7 Å². The summed E-state index contributed by atoms with van der Waals surface area (Å²) in [6.45, 7) is 4.15. The Hall–Kier alpha value is -3.22. The van der Waals surface area contributed by atoms with Crippen molar-refractivity contribution in [2.75, 3.05) is 6.61 Å². The number of allylic oxidation sites excluding steroid dienone is 1. The van der Waals surface area contributed by atoms with Crippen LogP contribution in [-0.4, -0.2) is 35.8 Å². The molecule has 2 saturated carbocycles. The number of aromatic nitrogens is 1. The first-order valence-electron chi connectivity index (χ1n) is 13.0. The number of carbonyl (C=O) groups excluding carboxylic acids is 2. The molecule has 1 aliphatic heterocycles. The minimum absolute atomic E-state index is 0.0679. The van der Waals surface area contributed by atoms with E-state index in [1.54, 1.807) is 19.2 Å². The van der Waals surface area contributed by atoms with E-state index in [2.05, 4.69) is 16.4 Å². The summed E-state index contributed by atoms with van der Waals surface area (Å²) < 4.78 is 24.3. The molecule has 7 heteroatoms. The van der Waals surface area contributed by atoms with E-state index in [1.807, 2.05) is 31.2 Å². The molecule has 0 radical (unpaired) electrons. The van der Waals surface area contributed by atoms with E-state index in [9.17, 15) is 14.0 Å². The Balaban J connectivity index is 1.34. The van der Waals surface area contributed by atoms with Gasteiger partial charge in [0.2, 0.25) is 0 Å². The van der Waals surface area contributed by atoms with Gasteiger partial charge in [-0.2, -0.15) is 0 Å². The maximum Gasteiger partial charge on any atom is 0.407 e. The van der Waals surface area contributed by atoms with Gasteiger partial charge in [-0.1, -0.05) is 24.3 Å². The van der Waals surface area contributed by atoms with Crippen molar-refractivity contribution in [1.29, 1.82) is 0 Å². The molecule has 1 N–H and O–H groups in total. The molecule has 5 rings (SSSR count). The van der Waals surface area contributed by atoms with Gasteiger partial charge >= 0.3 is 12.1 Å². The maximum atomic E-state index is 13.6. The second-order valence-corrected chi connectivity index (χ2v) is 10.3. The number of nitrogens with zero attached hydrogens (tertiary/aromatic N) is 1. The van der Waals surface area contributed by atoms with Crippen LogP contribution in [0.4, 0.5) is 9.18 Å². The second-order valence-electron chi connectivity index (χ2n) is 10.3. The topological polar surface area (TPSA) is 77.5 Å². The fourth-order valence-electron chi connectivity index (χ4n) is 6.64. The zero-order valence-corrected chi connectivity index (χ0v) is 20.7. The van der Waals surface area contributed by atoms with Gasteiger partial charge in [0.1, 0.15) is 11.9 Å². The van der Waals surface area contributed by atoms with E-state index in [4.69, 9.17) is 9.47 Å². The lowest BCUT2D eigenvalue weighted by molar-refractivity contribution is -0.144. The van der Waals surface area contributed by atoms with Gasteiger partial charge in [-0.3, -0.25) is 9.78 Å². The molecule has 2 heterocycles. The second kappa shape index (κ2) is 10.4. The Morgan fingerprint density at radius 3 is 2.83 bits per heavy atom. The highest BCUT2D eigenvalue weighted by atomic mass is 19.1. The molecule has 2 aliphatic carbocycles. The summed E-state index contributed by atoms with van der Waals surface area (Å²) >= 11 is 0. The van der Waals surface area contributed by atoms with Gasteiger partial charge in [0.15, 0.2) is 0 Å². The number of alkyl carbamates (subject to hydrolysis) is 1. The third kappa shape index (κ3) is 5.01. The zero-order chi connectivity index (χ0) is 25.2. The van der Waals surface area contributed by atoms with Gasteiger partial charge in [-0.15, -0.1) is 0 Å². The van der Waals surface area contributed by atoms with Gasteiger partial charge in [-0.05, 0) is 87.1 Å². The Bertz CT molecular complexity index is 1130. The van der Waals surface area contributed by atoms with Gasteiger partial charge in [0.05, 0.1) is 18.2 Å². The number of halogens is 1. The number of hydrogen-bond donors (Lipinski definition) is 1. The Labute approximate surface area is 211 Å². The molecule has 1 amide bonds. The zero-order valence-electron chi connectivity index (χ0n) is 20.7. The maximum absolute atomic E-state index is 13.6. The summed E-state index contributed by atoms with van der Waals surface area (Å²) in [5, 5.41) is 3.00. The molecule has 0 bridgehead atoms. The highest BCUT2D eigenvalue weighted by Crippen LogP contribution is 2.53. The quantitative estimate of drug-likeness (QED) is 0.548. The van der Waals surface area contributed by atoms with E-state index in [-0.39, 0.29) is 47.8 Å². The van der Waals surface area contributed by atoms with Gasteiger partial charge in [0.25, 0.3) is 0 Å². The molecule has 1 saturated heterocycles. The smallest absolute Gasteiger partial charge is 0.407 e. The van der Waals surface area contributed by atoms with Crippen molar-refractivity contribution < 1.29 is 23.5 Å².